The summed E-state index contributed by atoms with van der Waals surface area (Å²) in [5.74, 6) is 0.588. The van der Waals surface area contributed by atoms with E-state index in [1.807, 2.05) is 0 Å². The first-order valence-corrected chi connectivity index (χ1v) is 4.67. The van der Waals surface area contributed by atoms with Gasteiger partial charge in [0.05, 0.1) is 0 Å². The zero-order chi connectivity index (χ0) is 8.81. The van der Waals surface area contributed by atoms with Gasteiger partial charge in [0.2, 0.25) is 0 Å². The smallest absolute Gasteiger partial charge is 0.158 e. The normalized spacial score (nSPS) is 19.7. The van der Waals surface area contributed by atoms with E-state index in [0.717, 1.165) is 12.8 Å². The minimum absolute atomic E-state index is 0.287. The van der Waals surface area contributed by atoms with Gasteiger partial charge in [0.25, 0.3) is 0 Å². The van der Waals surface area contributed by atoms with Crippen molar-refractivity contribution in [3.05, 3.63) is 24.8 Å². The van der Waals surface area contributed by atoms with Crippen molar-refractivity contribution in [2.24, 2.45) is 5.92 Å². The fourth-order valence-corrected chi connectivity index (χ4v) is 1.69. The standard InChI is InChI=1S/C11H16O/c1-2-3-9-11(12)10-7-5-4-6-8-10/h2-3,9-10H,1,4-8H2/b9-3+. The predicted octanol–water partition coefficient (Wildman–Crippen LogP) is 2.88. The second-order valence-electron chi connectivity index (χ2n) is 3.33. The number of hydrogen-bond donors (Lipinski definition) is 0. The summed E-state index contributed by atoms with van der Waals surface area (Å²) in [4.78, 5) is 11.4. The van der Waals surface area contributed by atoms with Gasteiger partial charge in [-0.2, -0.15) is 0 Å². The van der Waals surface area contributed by atoms with Gasteiger partial charge >= 0.3 is 0 Å². The second-order valence-corrected chi connectivity index (χ2v) is 3.33. The topological polar surface area (TPSA) is 17.1 Å². The average molecular weight is 164 g/mol. The molecule has 0 saturated heterocycles. The summed E-state index contributed by atoms with van der Waals surface area (Å²) in [5, 5.41) is 0. The van der Waals surface area contributed by atoms with E-state index < -0.39 is 0 Å². The Labute approximate surface area is 74.2 Å². The van der Waals surface area contributed by atoms with E-state index in [4.69, 9.17) is 0 Å². The molecule has 66 valence electrons. The monoisotopic (exact) mass is 164 g/mol. The van der Waals surface area contributed by atoms with Crippen LogP contribution < -0.4 is 0 Å². The van der Waals surface area contributed by atoms with Crippen molar-refractivity contribution in [3.63, 3.8) is 0 Å². The Kier molecular flexibility index (Phi) is 3.78. The van der Waals surface area contributed by atoms with Crippen LogP contribution in [0.25, 0.3) is 0 Å². The van der Waals surface area contributed by atoms with Gasteiger partial charge < -0.3 is 0 Å². The Hall–Kier alpha value is -0.850. The van der Waals surface area contributed by atoms with Crippen LogP contribution in [0.1, 0.15) is 32.1 Å². The first-order valence-electron chi connectivity index (χ1n) is 4.67. The van der Waals surface area contributed by atoms with Gasteiger partial charge in [-0.1, -0.05) is 38.0 Å². The SMILES string of the molecule is C=C/C=C/C(=O)C1CCCCC1. The van der Waals surface area contributed by atoms with Crippen molar-refractivity contribution in [2.75, 3.05) is 0 Å². The molecule has 1 nitrogen and oxygen atoms in total. The van der Waals surface area contributed by atoms with Gasteiger partial charge in [0.15, 0.2) is 5.78 Å². The molecule has 0 unspecified atom stereocenters. The molecule has 0 aromatic rings. The molecule has 1 rings (SSSR count). The highest BCUT2D eigenvalue weighted by Gasteiger charge is 2.18. The quantitative estimate of drug-likeness (QED) is 0.463. The molecule has 0 amide bonds. The van der Waals surface area contributed by atoms with E-state index in [1.165, 1.54) is 19.3 Å². The molecule has 0 radical (unpaired) electrons. The minimum atomic E-state index is 0.287. The lowest BCUT2D eigenvalue weighted by molar-refractivity contribution is -0.119. The van der Waals surface area contributed by atoms with Crippen LogP contribution >= 0.6 is 0 Å². The number of hydrogen-bond acceptors (Lipinski definition) is 1. The summed E-state index contributed by atoms with van der Waals surface area (Å²) < 4.78 is 0. The van der Waals surface area contributed by atoms with Crippen LogP contribution in [-0.4, -0.2) is 5.78 Å². The van der Waals surface area contributed by atoms with E-state index >= 15 is 0 Å². The van der Waals surface area contributed by atoms with Gasteiger partial charge in [-0.3, -0.25) is 4.79 Å². The van der Waals surface area contributed by atoms with Crippen LogP contribution in [0.2, 0.25) is 0 Å². The van der Waals surface area contributed by atoms with Crippen molar-refractivity contribution >= 4 is 5.78 Å². The number of allylic oxidation sites excluding steroid dienone is 3. The molecular weight excluding hydrogens is 148 g/mol. The molecule has 1 aliphatic rings. The second kappa shape index (κ2) is 4.91. The minimum Gasteiger partial charge on any atom is -0.295 e. The maximum Gasteiger partial charge on any atom is 0.158 e. The number of ketones is 1. The Morgan fingerprint density at radius 1 is 1.25 bits per heavy atom. The van der Waals surface area contributed by atoms with Crippen LogP contribution in [0.3, 0.4) is 0 Å². The number of rotatable bonds is 3. The molecule has 12 heavy (non-hydrogen) atoms. The lowest BCUT2D eigenvalue weighted by Gasteiger charge is -2.18. The predicted molar refractivity (Wildman–Crippen MR) is 50.9 cm³/mol. The van der Waals surface area contributed by atoms with E-state index in [9.17, 15) is 4.79 Å². The Balaban J connectivity index is 2.39. The first-order chi connectivity index (χ1) is 5.84. The molecule has 0 spiro atoms. The van der Waals surface area contributed by atoms with Gasteiger partial charge in [-0.25, -0.2) is 0 Å². The summed E-state index contributed by atoms with van der Waals surface area (Å²) in [7, 11) is 0. The van der Waals surface area contributed by atoms with Gasteiger partial charge in [0, 0.05) is 5.92 Å². The van der Waals surface area contributed by atoms with E-state index in [1.54, 1.807) is 18.2 Å². The summed E-state index contributed by atoms with van der Waals surface area (Å²) >= 11 is 0. The molecular formula is C11H16O. The molecule has 0 aliphatic heterocycles. The molecule has 0 N–H and O–H groups in total. The fourth-order valence-electron chi connectivity index (χ4n) is 1.69. The van der Waals surface area contributed by atoms with Crippen LogP contribution in [0.5, 0.6) is 0 Å². The summed E-state index contributed by atoms with van der Waals surface area (Å²) in [5.41, 5.74) is 0. The first kappa shape index (κ1) is 9.24. The van der Waals surface area contributed by atoms with Crippen LogP contribution in [-0.2, 0) is 4.79 Å². The lowest BCUT2D eigenvalue weighted by atomic mass is 9.86. The van der Waals surface area contributed by atoms with Crippen molar-refractivity contribution in [2.45, 2.75) is 32.1 Å². The van der Waals surface area contributed by atoms with Crippen molar-refractivity contribution in [1.29, 1.82) is 0 Å². The molecule has 0 aromatic carbocycles. The summed E-state index contributed by atoms with van der Waals surface area (Å²) in [6, 6.07) is 0. The fraction of sp³-hybridized carbons (Fsp3) is 0.545. The molecule has 0 aromatic heterocycles. The zero-order valence-electron chi connectivity index (χ0n) is 7.46. The molecule has 0 heterocycles. The van der Waals surface area contributed by atoms with Crippen molar-refractivity contribution < 1.29 is 4.79 Å². The van der Waals surface area contributed by atoms with Gasteiger partial charge in [-0.05, 0) is 18.9 Å². The highest BCUT2D eigenvalue weighted by molar-refractivity contribution is 5.91. The third-order valence-corrected chi connectivity index (χ3v) is 2.40. The highest BCUT2D eigenvalue weighted by atomic mass is 16.1. The Bertz CT molecular complexity index is 185. The largest absolute Gasteiger partial charge is 0.295 e. The van der Waals surface area contributed by atoms with E-state index in [0.29, 0.717) is 5.92 Å². The Morgan fingerprint density at radius 3 is 2.50 bits per heavy atom. The van der Waals surface area contributed by atoms with Crippen LogP contribution in [0.4, 0.5) is 0 Å². The third-order valence-electron chi connectivity index (χ3n) is 2.40. The number of carbonyl (C=O) groups is 1. The Morgan fingerprint density at radius 2 is 1.92 bits per heavy atom. The van der Waals surface area contributed by atoms with Crippen molar-refractivity contribution in [3.8, 4) is 0 Å². The molecule has 1 saturated carbocycles. The highest BCUT2D eigenvalue weighted by Crippen LogP contribution is 2.24. The molecule has 1 aliphatic carbocycles. The van der Waals surface area contributed by atoms with E-state index in [2.05, 4.69) is 6.58 Å². The van der Waals surface area contributed by atoms with Crippen LogP contribution in [0, 0.1) is 5.92 Å². The average Bonchev–Trinajstić information content (AvgIpc) is 2.15. The molecule has 0 bridgehead atoms. The molecule has 1 fully saturated rings. The van der Waals surface area contributed by atoms with E-state index in [-0.39, 0.29) is 5.78 Å². The molecule has 0 atom stereocenters. The van der Waals surface area contributed by atoms with Gasteiger partial charge in [0.1, 0.15) is 0 Å². The summed E-state index contributed by atoms with van der Waals surface area (Å²) in [6.45, 7) is 3.54. The third kappa shape index (κ3) is 2.65. The maximum absolute atomic E-state index is 11.4. The summed E-state index contributed by atoms with van der Waals surface area (Å²) in [6.07, 6.45) is 11.0. The lowest BCUT2D eigenvalue weighted by Crippen LogP contribution is -2.15. The maximum atomic E-state index is 11.4. The van der Waals surface area contributed by atoms with Gasteiger partial charge in [-0.15, -0.1) is 0 Å². The zero-order valence-corrected chi connectivity index (χ0v) is 7.46. The van der Waals surface area contributed by atoms with Crippen LogP contribution in [0.15, 0.2) is 24.8 Å². The van der Waals surface area contributed by atoms with Crippen molar-refractivity contribution in [1.82, 2.24) is 0 Å². The number of carbonyl (C=O) groups excluding carboxylic acids is 1. The molecule has 1 heteroatoms.